The molecule has 1 fully saturated rings. The summed E-state index contributed by atoms with van der Waals surface area (Å²) in [4.78, 5) is 24.7. The van der Waals surface area contributed by atoms with Gasteiger partial charge in [0.2, 0.25) is 5.91 Å². The van der Waals surface area contributed by atoms with E-state index >= 15 is 0 Å². The van der Waals surface area contributed by atoms with E-state index in [0.29, 0.717) is 29.3 Å². The Morgan fingerprint density at radius 3 is 2.59 bits per heavy atom. The highest BCUT2D eigenvalue weighted by molar-refractivity contribution is 6.04. The van der Waals surface area contributed by atoms with Crippen molar-refractivity contribution >= 4 is 17.6 Å². The van der Waals surface area contributed by atoms with Gasteiger partial charge in [0.05, 0.1) is 11.3 Å². The lowest BCUT2D eigenvalue weighted by atomic mass is 9.92. The van der Waals surface area contributed by atoms with Crippen molar-refractivity contribution in [1.82, 2.24) is 20.4 Å². The van der Waals surface area contributed by atoms with Crippen molar-refractivity contribution in [2.45, 2.75) is 65.7 Å². The predicted molar refractivity (Wildman–Crippen MR) is 101 cm³/mol. The van der Waals surface area contributed by atoms with Gasteiger partial charge in [-0.05, 0) is 26.8 Å². The number of carbonyl (C=O) groups excluding carboxylic acids is 2. The second kappa shape index (κ2) is 6.84. The molecule has 146 valence electrons. The van der Waals surface area contributed by atoms with Crippen molar-refractivity contribution in [3.05, 3.63) is 34.9 Å². The van der Waals surface area contributed by atoms with Crippen LogP contribution in [0.2, 0.25) is 0 Å². The fourth-order valence-corrected chi connectivity index (χ4v) is 3.08. The van der Waals surface area contributed by atoms with Crippen LogP contribution in [-0.2, 0) is 10.2 Å². The molecular formula is C19H27N5O3. The first kappa shape index (κ1) is 19.2. The highest BCUT2D eigenvalue weighted by Gasteiger charge is 2.29. The molecule has 3 rings (SSSR count). The summed E-state index contributed by atoms with van der Waals surface area (Å²) < 4.78 is 7.07. The summed E-state index contributed by atoms with van der Waals surface area (Å²) in [5.74, 6) is 1.41. The molecule has 8 heteroatoms. The highest BCUT2D eigenvalue weighted by Crippen LogP contribution is 2.27. The second-order valence-electron chi connectivity index (χ2n) is 8.13. The maximum absolute atomic E-state index is 12.8. The number of anilines is 1. The van der Waals surface area contributed by atoms with Gasteiger partial charge in [-0.3, -0.25) is 14.9 Å². The summed E-state index contributed by atoms with van der Waals surface area (Å²) in [6, 6.07) is 3.56. The van der Waals surface area contributed by atoms with E-state index in [1.807, 2.05) is 33.8 Å². The van der Waals surface area contributed by atoms with Gasteiger partial charge in [0, 0.05) is 23.9 Å². The number of aromatic nitrogens is 2. The molecule has 0 saturated carbocycles. The molecule has 0 aromatic carbocycles. The Labute approximate surface area is 158 Å². The zero-order valence-electron chi connectivity index (χ0n) is 16.6. The van der Waals surface area contributed by atoms with Crippen molar-refractivity contribution in [3.63, 3.8) is 0 Å². The van der Waals surface area contributed by atoms with Crippen molar-refractivity contribution in [1.29, 1.82) is 0 Å². The van der Waals surface area contributed by atoms with Crippen LogP contribution in [-0.4, -0.2) is 27.6 Å². The Bertz CT molecular complexity index is 875. The lowest BCUT2D eigenvalue weighted by molar-refractivity contribution is -0.125. The third-order valence-electron chi connectivity index (χ3n) is 4.51. The van der Waals surface area contributed by atoms with Gasteiger partial charge >= 0.3 is 0 Å². The first-order chi connectivity index (χ1) is 12.5. The summed E-state index contributed by atoms with van der Waals surface area (Å²) in [5.41, 5.74) is 1.08. The van der Waals surface area contributed by atoms with E-state index in [-0.39, 0.29) is 23.3 Å². The fourth-order valence-electron chi connectivity index (χ4n) is 3.08. The molecule has 8 nitrogen and oxygen atoms in total. The molecule has 3 N–H and O–H groups in total. The van der Waals surface area contributed by atoms with Gasteiger partial charge in [0.25, 0.3) is 5.91 Å². The molecule has 1 saturated heterocycles. The predicted octanol–water partition coefficient (Wildman–Crippen LogP) is 2.60. The van der Waals surface area contributed by atoms with E-state index in [1.54, 1.807) is 24.6 Å². The first-order valence-electron chi connectivity index (χ1n) is 9.08. The maximum Gasteiger partial charge on any atom is 0.260 e. The molecule has 0 spiro atoms. The van der Waals surface area contributed by atoms with Crippen LogP contribution in [0.1, 0.15) is 68.0 Å². The fraction of sp³-hybridized carbons (Fsp3) is 0.526. The molecule has 2 amide bonds. The van der Waals surface area contributed by atoms with Crippen molar-refractivity contribution in [2.24, 2.45) is 0 Å². The zero-order valence-corrected chi connectivity index (χ0v) is 16.6. The van der Waals surface area contributed by atoms with Gasteiger partial charge in [-0.1, -0.05) is 20.8 Å². The SMILES string of the molecule is Cc1cc(C(=O)Nc2cc(C(C)(C)C)nn2C2NC(=O)CC(C)N2)c(C)o1. The maximum atomic E-state index is 12.8. The summed E-state index contributed by atoms with van der Waals surface area (Å²) in [6.45, 7) is 11.6. The number of amides is 2. The second-order valence-corrected chi connectivity index (χ2v) is 8.13. The van der Waals surface area contributed by atoms with Crippen LogP contribution in [0.4, 0.5) is 5.82 Å². The summed E-state index contributed by atoms with van der Waals surface area (Å²) >= 11 is 0. The van der Waals surface area contributed by atoms with Gasteiger partial charge in [-0.15, -0.1) is 0 Å². The van der Waals surface area contributed by atoms with E-state index in [9.17, 15) is 9.59 Å². The first-order valence-corrected chi connectivity index (χ1v) is 9.08. The summed E-state index contributed by atoms with van der Waals surface area (Å²) in [6.07, 6.45) is -0.126. The normalized spacial score (nSPS) is 20.4. The molecule has 1 aliphatic heterocycles. The van der Waals surface area contributed by atoms with E-state index in [4.69, 9.17) is 4.42 Å². The Morgan fingerprint density at radius 2 is 2.04 bits per heavy atom. The number of nitrogens with one attached hydrogen (secondary N) is 3. The molecule has 2 aromatic heterocycles. The molecular weight excluding hydrogens is 346 g/mol. The molecule has 2 unspecified atom stereocenters. The molecule has 0 aliphatic carbocycles. The quantitative estimate of drug-likeness (QED) is 0.768. The van der Waals surface area contributed by atoms with Gasteiger partial charge in [-0.25, -0.2) is 4.68 Å². The number of furan rings is 1. The lowest BCUT2D eigenvalue weighted by Crippen LogP contribution is -2.52. The van der Waals surface area contributed by atoms with Crippen LogP contribution in [0.25, 0.3) is 0 Å². The number of hydrogen-bond acceptors (Lipinski definition) is 5. The standard InChI is InChI=1S/C19H27N5O3/c1-10-7-16(25)22-18(20-10)24-15(9-14(23-24)19(4,5)6)21-17(26)13-8-11(2)27-12(13)3/h8-10,18,20H,7H2,1-6H3,(H,21,26)(H,22,25). The number of carbonyl (C=O) groups is 2. The molecule has 27 heavy (non-hydrogen) atoms. The van der Waals surface area contributed by atoms with E-state index in [0.717, 1.165) is 5.69 Å². The van der Waals surface area contributed by atoms with Crippen LogP contribution in [0.3, 0.4) is 0 Å². The third kappa shape index (κ3) is 4.05. The topological polar surface area (TPSA) is 101 Å². The molecule has 1 aliphatic rings. The third-order valence-corrected chi connectivity index (χ3v) is 4.51. The van der Waals surface area contributed by atoms with Crippen LogP contribution >= 0.6 is 0 Å². The van der Waals surface area contributed by atoms with Gasteiger partial charge in [0.1, 0.15) is 17.3 Å². The van der Waals surface area contributed by atoms with Crippen LogP contribution < -0.4 is 16.0 Å². The average molecular weight is 373 g/mol. The lowest BCUT2D eigenvalue weighted by Gasteiger charge is -2.30. The average Bonchev–Trinajstić information content (AvgIpc) is 3.09. The number of hydrogen-bond donors (Lipinski definition) is 3. The minimum absolute atomic E-state index is 0.00774. The molecule has 3 heterocycles. The Hall–Kier alpha value is -2.61. The summed E-state index contributed by atoms with van der Waals surface area (Å²) in [5, 5.41) is 13.7. The Morgan fingerprint density at radius 1 is 1.33 bits per heavy atom. The molecule has 2 aromatic rings. The van der Waals surface area contributed by atoms with Crippen molar-refractivity contribution in [3.8, 4) is 0 Å². The van der Waals surface area contributed by atoms with Crippen LogP contribution in [0.15, 0.2) is 16.5 Å². The monoisotopic (exact) mass is 373 g/mol. The van der Waals surface area contributed by atoms with Gasteiger partial charge < -0.3 is 15.1 Å². The van der Waals surface area contributed by atoms with Gasteiger partial charge in [-0.2, -0.15) is 5.10 Å². The molecule has 0 radical (unpaired) electrons. The largest absolute Gasteiger partial charge is 0.466 e. The van der Waals surface area contributed by atoms with Crippen LogP contribution in [0, 0.1) is 13.8 Å². The van der Waals surface area contributed by atoms with Crippen molar-refractivity contribution in [2.75, 3.05) is 5.32 Å². The van der Waals surface area contributed by atoms with E-state index in [1.165, 1.54) is 0 Å². The highest BCUT2D eigenvalue weighted by atomic mass is 16.3. The summed E-state index contributed by atoms with van der Waals surface area (Å²) in [7, 11) is 0. The minimum Gasteiger partial charge on any atom is -0.466 e. The Balaban J connectivity index is 1.95. The minimum atomic E-state index is -0.528. The van der Waals surface area contributed by atoms with Crippen molar-refractivity contribution < 1.29 is 14.0 Å². The van der Waals surface area contributed by atoms with E-state index < -0.39 is 6.29 Å². The van der Waals surface area contributed by atoms with Crippen LogP contribution in [0.5, 0.6) is 0 Å². The zero-order chi connectivity index (χ0) is 19.9. The number of aryl methyl sites for hydroxylation is 2. The Kier molecular flexibility index (Phi) is 4.86. The molecule has 0 bridgehead atoms. The van der Waals surface area contributed by atoms with E-state index in [2.05, 4.69) is 21.0 Å². The smallest absolute Gasteiger partial charge is 0.260 e. The van der Waals surface area contributed by atoms with Gasteiger partial charge in [0.15, 0.2) is 6.29 Å². The molecule has 2 atom stereocenters. The number of rotatable bonds is 3. The number of nitrogens with zero attached hydrogens (tertiary/aromatic N) is 2.